The molecule has 0 radical (unpaired) electrons. The fourth-order valence-corrected chi connectivity index (χ4v) is 0.0671. The standard InChI is InChI=1S/C2HN2O2P/c3-1-7(5,6)2-4/h(H,5,6). The Balaban J connectivity index is 4.34. The normalized spacial score (nSPS) is 9.00. The molecule has 0 fully saturated rings. The van der Waals surface area contributed by atoms with E-state index in [2.05, 4.69) is 0 Å². The SMILES string of the molecule is N#CP(=O)(O)C#N. The van der Waals surface area contributed by atoms with Crippen LogP contribution in [0.3, 0.4) is 0 Å². The summed E-state index contributed by atoms with van der Waals surface area (Å²) in [5.41, 5.74) is 0. The lowest BCUT2D eigenvalue weighted by molar-refractivity contribution is 0.501. The minimum atomic E-state index is -4.04. The van der Waals surface area contributed by atoms with Crippen molar-refractivity contribution in [3.8, 4) is 11.6 Å². The molecule has 1 N–H and O–H groups in total. The van der Waals surface area contributed by atoms with Crippen LogP contribution in [0.4, 0.5) is 0 Å². The minimum absolute atomic E-state index is 0.941. The Bertz CT molecular complexity index is 167. The van der Waals surface area contributed by atoms with Gasteiger partial charge < -0.3 is 4.89 Å². The second kappa shape index (κ2) is 1.75. The van der Waals surface area contributed by atoms with Crippen molar-refractivity contribution in [2.24, 2.45) is 0 Å². The van der Waals surface area contributed by atoms with Crippen molar-refractivity contribution in [1.29, 1.82) is 10.5 Å². The summed E-state index contributed by atoms with van der Waals surface area (Å²) in [5, 5.41) is 15.2. The third kappa shape index (κ3) is 1.94. The van der Waals surface area contributed by atoms with Crippen LogP contribution in [0.5, 0.6) is 0 Å². The lowest BCUT2D eigenvalue weighted by atomic mass is 11.8. The Labute approximate surface area is 40.1 Å². The molecule has 0 saturated carbocycles. The summed E-state index contributed by atoms with van der Waals surface area (Å²) in [4.78, 5) is 7.97. The molecular formula is C2HN2O2P. The molecule has 0 aromatic carbocycles. The van der Waals surface area contributed by atoms with Gasteiger partial charge in [-0.15, -0.1) is 0 Å². The number of rotatable bonds is 0. The zero-order valence-electron chi connectivity index (χ0n) is 3.20. The number of nitrogens with zero attached hydrogens (tertiary/aromatic N) is 2. The summed E-state index contributed by atoms with van der Waals surface area (Å²) >= 11 is 0. The fourth-order valence-electron chi connectivity index (χ4n) is 0.0224. The van der Waals surface area contributed by atoms with E-state index in [1.165, 1.54) is 0 Å². The first kappa shape index (κ1) is 6.17. The van der Waals surface area contributed by atoms with Crippen molar-refractivity contribution in [2.45, 2.75) is 0 Å². The first-order valence-electron chi connectivity index (χ1n) is 1.28. The maximum Gasteiger partial charge on any atom is 0.393 e. The summed E-state index contributed by atoms with van der Waals surface area (Å²) in [7, 11) is -4.04. The lowest BCUT2D eigenvalue weighted by Crippen LogP contribution is -1.62. The highest BCUT2D eigenvalue weighted by molar-refractivity contribution is 7.67. The Hall–Kier alpha value is -0.830. The molecule has 0 atom stereocenters. The van der Waals surface area contributed by atoms with Gasteiger partial charge >= 0.3 is 7.37 Å². The second-order valence-corrected chi connectivity index (χ2v) is 2.33. The van der Waals surface area contributed by atoms with Gasteiger partial charge in [-0.25, -0.2) is 0 Å². The predicted molar refractivity (Wildman–Crippen MR) is 21.1 cm³/mol. The van der Waals surface area contributed by atoms with E-state index in [9.17, 15) is 4.57 Å². The molecule has 0 saturated heterocycles. The summed E-state index contributed by atoms with van der Waals surface area (Å²) in [6.45, 7) is 0. The van der Waals surface area contributed by atoms with Crippen LogP contribution in [-0.4, -0.2) is 4.89 Å². The van der Waals surface area contributed by atoms with Crippen molar-refractivity contribution in [1.82, 2.24) is 0 Å². The molecule has 5 heteroatoms. The van der Waals surface area contributed by atoms with Gasteiger partial charge in [0.05, 0.1) is 0 Å². The molecule has 0 spiro atoms. The van der Waals surface area contributed by atoms with Crippen LogP contribution < -0.4 is 0 Å². The molecule has 0 aliphatic rings. The maximum atomic E-state index is 9.78. The number of hydrogen-bond donors (Lipinski definition) is 1. The summed E-state index contributed by atoms with van der Waals surface area (Å²) in [6, 6.07) is 0. The largest absolute Gasteiger partial charge is 0.393 e. The highest BCUT2D eigenvalue weighted by Crippen LogP contribution is 2.35. The summed E-state index contributed by atoms with van der Waals surface area (Å²) in [5.74, 6) is 1.88. The van der Waals surface area contributed by atoms with Gasteiger partial charge in [-0.1, -0.05) is 0 Å². The van der Waals surface area contributed by atoms with Crippen molar-refractivity contribution >= 4 is 7.37 Å². The highest BCUT2D eigenvalue weighted by Gasteiger charge is 2.12. The van der Waals surface area contributed by atoms with E-state index < -0.39 is 7.37 Å². The van der Waals surface area contributed by atoms with Crippen molar-refractivity contribution in [3.05, 3.63) is 0 Å². The second-order valence-electron chi connectivity index (χ2n) is 0.776. The number of nitriles is 2. The first-order chi connectivity index (χ1) is 3.12. The Morgan fingerprint density at radius 1 is 1.43 bits per heavy atom. The maximum absolute atomic E-state index is 9.78. The quantitative estimate of drug-likeness (QED) is 0.458. The van der Waals surface area contributed by atoms with Crippen LogP contribution >= 0.6 is 7.37 Å². The molecule has 0 aromatic heterocycles. The lowest BCUT2D eigenvalue weighted by Gasteiger charge is -1.77. The van der Waals surface area contributed by atoms with Crippen molar-refractivity contribution < 1.29 is 9.46 Å². The summed E-state index contributed by atoms with van der Waals surface area (Å²) < 4.78 is 9.78. The fraction of sp³-hybridized carbons (Fsp3) is 0. The van der Waals surface area contributed by atoms with Crippen LogP contribution in [0.2, 0.25) is 0 Å². The highest BCUT2D eigenvalue weighted by atomic mass is 31.2. The Morgan fingerprint density at radius 3 is 1.71 bits per heavy atom. The van der Waals surface area contributed by atoms with Crippen molar-refractivity contribution in [2.75, 3.05) is 0 Å². The number of hydrogen-bond acceptors (Lipinski definition) is 3. The molecule has 0 heterocycles. The van der Waals surface area contributed by atoms with E-state index in [4.69, 9.17) is 15.4 Å². The Morgan fingerprint density at radius 2 is 1.71 bits per heavy atom. The Kier molecular flexibility index (Phi) is 1.54. The summed E-state index contributed by atoms with van der Waals surface area (Å²) in [6.07, 6.45) is 0. The topological polar surface area (TPSA) is 84.9 Å². The molecule has 0 aliphatic heterocycles. The van der Waals surface area contributed by atoms with Gasteiger partial charge in [-0.05, 0) is 0 Å². The van der Waals surface area contributed by atoms with E-state index in [0.717, 1.165) is 11.6 Å². The molecular weight excluding hydrogens is 115 g/mol. The van der Waals surface area contributed by atoms with Crippen LogP contribution in [0.1, 0.15) is 0 Å². The molecule has 7 heavy (non-hydrogen) atoms. The third-order valence-electron chi connectivity index (χ3n) is 0.271. The molecule has 0 bridgehead atoms. The molecule has 0 amide bonds. The van der Waals surface area contributed by atoms with Gasteiger partial charge in [-0.2, -0.15) is 10.5 Å². The van der Waals surface area contributed by atoms with E-state index in [-0.39, 0.29) is 0 Å². The molecule has 0 rings (SSSR count). The average Bonchev–Trinajstić information content (AvgIpc) is 1.68. The first-order valence-corrected chi connectivity index (χ1v) is 2.94. The van der Waals surface area contributed by atoms with Gasteiger partial charge in [0, 0.05) is 0 Å². The zero-order chi connectivity index (χ0) is 5.91. The molecule has 4 nitrogen and oxygen atoms in total. The van der Waals surface area contributed by atoms with Crippen LogP contribution in [0.25, 0.3) is 0 Å². The minimum Gasteiger partial charge on any atom is -0.324 e. The van der Waals surface area contributed by atoms with E-state index in [0.29, 0.717) is 0 Å². The van der Waals surface area contributed by atoms with Gasteiger partial charge in [-0.3, -0.25) is 4.57 Å². The molecule has 36 valence electrons. The van der Waals surface area contributed by atoms with Crippen LogP contribution in [0.15, 0.2) is 0 Å². The monoisotopic (exact) mass is 116 g/mol. The van der Waals surface area contributed by atoms with E-state index in [1.54, 1.807) is 0 Å². The molecule has 0 aliphatic carbocycles. The van der Waals surface area contributed by atoms with E-state index in [1.807, 2.05) is 0 Å². The smallest absolute Gasteiger partial charge is 0.324 e. The average molecular weight is 116 g/mol. The third-order valence-corrected chi connectivity index (χ3v) is 0.813. The molecule has 0 aromatic rings. The molecule has 0 unspecified atom stereocenters. The van der Waals surface area contributed by atoms with Crippen molar-refractivity contribution in [3.63, 3.8) is 0 Å². The van der Waals surface area contributed by atoms with E-state index >= 15 is 0 Å². The zero-order valence-corrected chi connectivity index (χ0v) is 4.09. The van der Waals surface area contributed by atoms with Gasteiger partial charge in [0.15, 0.2) is 11.6 Å². The van der Waals surface area contributed by atoms with Crippen LogP contribution in [-0.2, 0) is 4.57 Å². The van der Waals surface area contributed by atoms with Crippen LogP contribution in [0, 0.1) is 22.1 Å². The van der Waals surface area contributed by atoms with Gasteiger partial charge in [0.25, 0.3) is 0 Å². The van der Waals surface area contributed by atoms with Gasteiger partial charge in [0.1, 0.15) is 0 Å². The van der Waals surface area contributed by atoms with Gasteiger partial charge in [0.2, 0.25) is 0 Å². The predicted octanol–water partition coefficient (Wildman–Crippen LogP) is 0.219.